The van der Waals surface area contributed by atoms with Gasteiger partial charge in [0.05, 0.1) is 0 Å². The first-order chi connectivity index (χ1) is 14.3. The lowest BCUT2D eigenvalue weighted by Gasteiger charge is -2.07. The number of unbranched alkanes of at least 4 members (excludes halogenated alkanes) is 1. The van der Waals surface area contributed by atoms with Gasteiger partial charge in [0, 0.05) is 24.6 Å². The van der Waals surface area contributed by atoms with E-state index in [1.54, 1.807) is 10.6 Å². The summed E-state index contributed by atoms with van der Waals surface area (Å²) < 4.78 is 5.70. The van der Waals surface area contributed by atoms with E-state index in [0.717, 1.165) is 35.2 Å². The van der Waals surface area contributed by atoms with E-state index < -0.39 is 23.7 Å². The lowest BCUT2D eigenvalue weighted by molar-refractivity contribution is -0.118. The molecule has 0 aliphatic heterocycles. The van der Waals surface area contributed by atoms with Crippen molar-refractivity contribution in [1.82, 2.24) is 23.1 Å². The summed E-state index contributed by atoms with van der Waals surface area (Å²) in [5.41, 5.74) is 7.56. The number of primary amides is 1. The molecule has 0 fully saturated rings. The van der Waals surface area contributed by atoms with Gasteiger partial charge in [0.1, 0.15) is 6.54 Å². The maximum atomic E-state index is 13.0. The summed E-state index contributed by atoms with van der Waals surface area (Å²) in [6, 6.07) is 8.25. The lowest BCUT2D eigenvalue weighted by atomic mass is 10.1. The number of hydrogen-bond donors (Lipinski definition) is 1. The van der Waals surface area contributed by atoms with Crippen LogP contribution >= 0.6 is 0 Å². The van der Waals surface area contributed by atoms with Crippen molar-refractivity contribution in [3.63, 3.8) is 0 Å². The van der Waals surface area contributed by atoms with E-state index in [1.807, 2.05) is 23.6 Å². The number of fused-ring (bicyclic) bond motifs is 3. The molecule has 0 aliphatic carbocycles. The molecule has 0 unspecified atom stereocenters. The molecule has 0 saturated heterocycles. The Morgan fingerprint density at radius 3 is 2.50 bits per heavy atom. The number of hydrogen-bond acceptors (Lipinski definition) is 4. The van der Waals surface area contributed by atoms with E-state index in [0.29, 0.717) is 5.78 Å². The van der Waals surface area contributed by atoms with E-state index in [4.69, 9.17) is 5.73 Å². The summed E-state index contributed by atoms with van der Waals surface area (Å²) in [4.78, 5) is 41.5. The number of imidazole rings is 2. The highest BCUT2D eigenvalue weighted by Crippen LogP contribution is 2.21. The van der Waals surface area contributed by atoms with Gasteiger partial charge in [0.25, 0.3) is 5.56 Å². The zero-order valence-electron chi connectivity index (χ0n) is 17.3. The molecule has 9 nitrogen and oxygen atoms in total. The molecule has 156 valence electrons. The summed E-state index contributed by atoms with van der Waals surface area (Å²) >= 11 is 0. The molecule has 0 aliphatic rings. The molecule has 0 spiro atoms. The zero-order chi connectivity index (χ0) is 21.6. The molecule has 4 rings (SSSR count). The van der Waals surface area contributed by atoms with E-state index in [2.05, 4.69) is 24.0 Å². The van der Waals surface area contributed by atoms with Crippen molar-refractivity contribution in [2.45, 2.75) is 39.7 Å². The standard InChI is InChI=1S/C21H24N6O3/c1-4-5-6-14-7-9-15(10-8-14)27-13(2)11-25-17-18(23-20(25)27)24(3)21(30)26(19(17)29)12-16(22)28/h7-11H,4-6,12H2,1-3H3,(H2,22,28). The van der Waals surface area contributed by atoms with Gasteiger partial charge in [-0.3, -0.25) is 23.1 Å². The second-order valence-corrected chi connectivity index (χ2v) is 7.53. The topological polar surface area (TPSA) is 109 Å². The number of amides is 1. The summed E-state index contributed by atoms with van der Waals surface area (Å²) in [5.74, 6) is -0.237. The largest absolute Gasteiger partial charge is 0.368 e. The normalized spacial score (nSPS) is 11.6. The van der Waals surface area contributed by atoms with Crippen molar-refractivity contribution in [2.75, 3.05) is 0 Å². The van der Waals surface area contributed by atoms with Crippen LogP contribution in [0.4, 0.5) is 0 Å². The van der Waals surface area contributed by atoms with Crippen LogP contribution in [0, 0.1) is 6.92 Å². The predicted molar refractivity (Wildman–Crippen MR) is 114 cm³/mol. The van der Waals surface area contributed by atoms with Crippen molar-refractivity contribution in [2.24, 2.45) is 12.8 Å². The number of benzene rings is 1. The SMILES string of the molecule is CCCCc1ccc(-n2c(C)cn3c4c(=O)n(CC(N)=O)c(=O)n(C)c4nc23)cc1. The van der Waals surface area contributed by atoms with Crippen LogP contribution < -0.4 is 17.0 Å². The third kappa shape index (κ3) is 3.02. The van der Waals surface area contributed by atoms with Crippen LogP contribution in [0.2, 0.25) is 0 Å². The zero-order valence-corrected chi connectivity index (χ0v) is 17.3. The van der Waals surface area contributed by atoms with Crippen molar-refractivity contribution >= 4 is 22.8 Å². The first-order valence-electron chi connectivity index (χ1n) is 9.91. The van der Waals surface area contributed by atoms with Crippen LogP contribution in [0.5, 0.6) is 0 Å². The molecule has 9 heteroatoms. The summed E-state index contributed by atoms with van der Waals surface area (Å²) in [6.45, 7) is 3.62. The number of carbonyl (C=O) groups is 1. The van der Waals surface area contributed by atoms with Crippen LogP contribution in [0.3, 0.4) is 0 Å². The molecule has 0 atom stereocenters. The van der Waals surface area contributed by atoms with Gasteiger partial charge < -0.3 is 5.73 Å². The van der Waals surface area contributed by atoms with Crippen LogP contribution in [0.25, 0.3) is 22.6 Å². The van der Waals surface area contributed by atoms with Gasteiger partial charge in [-0.1, -0.05) is 25.5 Å². The maximum Gasteiger partial charge on any atom is 0.332 e. The number of aromatic nitrogens is 5. The number of aryl methyl sites for hydroxylation is 3. The van der Waals surface area contributed by atoms with Crippen molar-refractivity contribution in [3.8, 4) is 5.69 Å². The Balaban J connectivity index is 1.95. The minimum Gasteiger partial charge on any atom is -0.368 e. The van der Waals surface area contributed by atoms with Crippen molar-refractivity contribution < 1.29 is 4.79 Å². The minimum absolute atomic E-state index is 0.231. The Kier molecular flexibility index (Phi) is 4.81. The number of nitrogens with two attached hydrogens (primary N) is 1. The Morgan fingerprint density at radius 1 is 1.17 bits per heavy atom. The van der Waals surface area contributed by atoms with Crippen molar-refractivity contribution in [1.29, 1.82) is 0 Å². The second kappa shape index (κ2) is 7.33. The molecule has 0 bridgehead atoms. The number of rotatable bonds is 6. The molecular weight excluding hydrogens is 384 g/mol. The highest BCUT2D eigenvalue weighted by molar-refractivity contribution is 5.77. The molecule has 1 aromatic carbocycles. The number of nitrogens with zero attached hydrogens (tertiary/aromatic N) is 5. The van der Waals surface area contributed by atoms with E-state index in [-0.39, 0.29) is 11.2 Å². The highest BCUT2D eigenvalue weighted by atomic mass is 16.2. The van der Waals surface area contributed by atoms with Crippen LogP contribution in [0.15, 0.2) is 40.1 Å². The molecular formula is C21H24N6O3. The smallest absolute Gasteiger partial charge is 0.332 e. The molecule has 0 radical (unpaired) electrons. The van der Waals surface area contributed by atoms with Gasteiger partial charge in [0.2, 0.25) is 11.7 Å². The fourth-order valence-corrected chi connectivity index (χ4v) is 3.82. The maximum absolute atomic E-state index is 13.0. The predicted octanol–water partition coefficient (Wildman–Crippen LogP) is 1.27. The third-order valence-electron chi connectivity index (χ3n) is 5.35. The minimum atomic E-state index is -0.758. The van der Waals surface area contributed by atoms with Gasteiger partial charge in [-0.15, -0.1) is 0 Å². The summed E-state index contributed by atoms with van der Waals surface area (Å²) in [5, 5.41) is 0. The molecule has 3 aromatic heterocycles. The van der Waals surface area contributed by atoms with E-state index in [9.17, 15) is 14.4 Å². The molecule has 30 heavy (non-hydrogen) atoms. The van der Waals surface area contributed by atoms with Crippen LogP contribution in [0.1, 0.15) is 31.0 Å². The number of carbonyl (C=O) groups excluding carboxylic acids is 1. The first-order valence-corrected chi connectivity index (χ1v) is 9.91. The van der Waals surface area contributed by atoms with Gasteiger partial charge in [0.15, 0.2) is 11.2 Å². The Labute approximate surface area is 172 Å². The Morgan fingerprint density at radius 2 is 1.87 bits per heavy atom. The fourth-order valence-electron chi connectivity index (χ4n) is 3.82. The van der Waals surface area contributed by atoms with Crippen molar-refractivity contribution in [3.05, 3.63) is 62.6 Å². The lowest BCUT2D eigenvalue weighted by Crippen LogP contribution is -2.42. The quantitative estimate of drug-likeness (QED) is 0.518. The van der Waals surface area contributed by atoms with Gasteiger partial charge >= 0.3 is 5.69 Å². The fraction of sp³-hybridized carbons (Fsp3) is 0.333. The van der Waals surface area contributed by atoms with Crippen LogP contribution in [-0.4, -0.2) is 29.0 Å². The molecule has 4 aromatic rings. The third-order valence-corrected chi connectivity index (χ3v) is 5.35. The summed E-state index contributed by atoms with van der Waals surface area (Å²) in [7, 11) is 1.52. The molecule has 0 saturated carbocycles. The average Bonchev–Trinajstić information content (AvgIpc) is 3.23. The molecule has 2 N–H and O–H groups in total. The van der Waals surface area contributed by atoms with Gasteiger partial charge in [-0.25, -0.2) is 9.36 Å². The van der Waals surface area contributed by atoms with Crippen LogP contribution in [-0.2, 0) is 24.8 Å². The second-order valence-electron chi connectivity index (χ2n) is 7.53. The van der Waals surface area contributed by atoms with E-state index in [1.165, 1.54) is 17.2 Å². The molecule has 1 amide bonds. The Hall–Kier alpha value is -3.62. The first kappa shape index (κ1) is 19.7. The Bertz CT molecular complexity index is 1390. The highest BCUT2D eigenvalue weighted by Gasteiger charge is 2.21. The van der Waals surface area contributed by atoms with E-state index >= 15 is 0 Å². The average molecular weight is 408 g/mol. The molecule has 3 heterocycles. The van der Waals surface area contributed by atoms with Gasteiger partial charge in [-0.2, -0.15) is 4.98 Å². The summed E-state index contributed by atoms with van der Waals surface area (Å²) in [6.07, 6.45) is 5.12. The van der Waals surface area contributed by atoms with Gasteiger partial charge in [-0.05, 0) is 37.5 Å². The monoisotopic (exact) mass is 408 g/mol.